The van der Waals surface area contributed by atoms with Gasteiger partial charge in [-0.3, -0.25) is 9.69 Å². The van der Waals surface area contributed by atoms with Crippen LogP contribution in [0.4, 0.5) is 15.3 Å². The molecule has 1 atom stereocenters. The summed E-state index contributed by atoms with van der Waals surface area (Å²) >= 11 is 0. The molecule has 0 N–H and O–H groups in total. The maximum Gasteiger partial charge on any atom is 0.410 e. The summed E-state index contributed by atoms with van der Waals surface area (Å²) in [4.78, 5) is 42.5. The Balaban J connectivity index is 1.37. The summed E-state index contributed by atoms with van der Waals surface area (Å²) < 4.78 is 10.5. The van der Waals surface area contributed by atoms with E-state index in [-0.39, 0.29) is 24.1 Å². The van der Waals surface area contributed by atoms with E-state index in [1.54, 1.807) is 9.80 Å². The second-order valence-corrected chi connectivity index (χ2v) is 10.2. The zero-order valence-corrected chi connectivity index (χ0v) is 21.5. The molecule has 4 rings (SSSR count). The molecule has 0 aromatic heterocycles. The van der Waals surface area contributed by atoms with E-state index in [1.807, 2.05) is 81.1 Å². The number of amides is 3. The minimum Gasteiger partial charge on any atom is -0.466 e. The Bertz CT molecular complexity index is 1090. The lowest BCUT2D eigenvalue weighted by Crippen LogP contribution is -2.54. The fourth-order valence-electron chi connectivity index (χ4n) is 4.59. The van der Waals surface area contributed by atoms with Crippen LogP contribution in [-0.2, 0) is 20.7 Å². The molecule has 0 radical (unpaired) electrons. The average Bonchev–Trinajstić information content (AvgIpc) is 3.18. The van der Waals surface area contributed by atoms with Crippen molar-refractivity contribution in [2.75, 3.05) is 37.7 Å². The molecule has 2 aromatic rings. The number of benzene rings is 2. The maximum atomic E-state index is 13.1. The van der Waals surface area contributed by atoms with Gasteiger partial charge < -0.3 is 19.3 Å². The van der Waals surface area contributed by atoms with Gasteiger partial charge in [0.05, 0.1) is 12.6 Å². The number of anilines is 1. The number of urea groups is 1. The second kappa shape index (κ2) is 10.6. The molecule has 3 amide bonds. The largest absolute Gasteiger partial charge is 0.466 e. The highest BCUT2D eigenvalue weighted by molar-refractivity contribution is 5.95. The first kappa shape index (κ1) is 25.5. The molecule has 0 aliphatic carbocycles. The van der Waals surface area contributed by atoms with E-state index in [0.717, 1.165) is 22.4 Å². The van der Waals surface area contributed by atoms with Gasteiger partial charge in [-0.25, -0.2) is 9.59 Å². The number of carbonyl (C=O) groups excluding carboxylic acids is 3. The highest BCUT2D eigenvalue weighted by Gasteiger charge is 2.42. The molecule has 2 aliphatic heterocycles. The molecule has 0 bridgehead atoms. The maximum absolute atomic E-state index is 13.1. The summed E-state index contributed by atoms with van der Waals surface area (Å²) in [5, 5.41) is 0. The quantitative estimate of drug-likeness (QED) is 0.545. The summed E-state index contributed by atoms with van der Waals surface area (Å²) in [5.74, 6) is -0.178. The minimum atomic E-state index is -0.545. The summed E-state index contributed by atoms with van der Waals surface area (Å²) in [5.41, 5.74) is 3.50. The minimum absolute atomic E-state index is 0.0254. The average molecular weight is 494 g/mol. The predicted octanol–water partition coefficient (Wildman–Crippen LogP) is 4.71. The van der Waals surface area contributed by atoms with Gasteiger partial charge in [0.15, 0.2) is 0 Å². The van der Waals surface area contributed by atoms with Crippen LogP contribution in [0, 0.1) is 0 Å². The van der Waals surface area contributed by atoms with E-state index in [0.29, 0.717) is 45.6 Å². The van der Waals surface area contributed by atoms with Crippen LogP contribution in [0.3, 0.4) is 0 Å². The van der Waals surface area contributed by atoms with Gasteiger partial charge in [0.2, 0.25) is 0 Å². The molecule has 0 spiro atoms. The number of hydrogen-bond acceptors (Lipinski definition) is 5. The van der Waals surface area contributed by atoms with Crippen LogP contribution in [-0.4, -0.2) is 72.3 Å². The Hall–Kier alpha value is -3.55. The Morgan fingerprint density at radius 2 is 1.58 bits per heavy atom. The summed E-state index contributed by atoms with van der Waals surface area (Å²) in [6.07, 6.45) is 0.696. The number of hydrogen-bond donors (Lipinski definition) is 0. The SMILES string of the molecule is CCOC(=O)CCc1ccc(-c2ccc(N3C[C@@H]4CN(C(=O)OC(C)(C)C)CCN4C3=O)cc2)cc1. The molecule has 2 fully saturated rings. The van der Waals surface area contributed by atoms with Crippen molar-refractivity contribution in [3.05, 3.63) is 54.1 Å². The Labute approximate surface area is 212 Å². The first-order valence-electron chi connectivity index (χ1n) is 12.6. The van der Waals surface area contributed by atoms with E-state index in [1.165, 1.54) is 0 Å². The lowest BCUT2D eigenvalue weighted by molar-refractivity contribution is -0.143. The number of nitrogens with zero attached hydrogens (tertiary/aromatic N) is 3. The third-order valence-corrected chi connectivity index (χ3v) is 6.39. The van der Waals surface area contributed by atoms with Gasteiger partial charge in [-0.1, -0.05) is 36.4 Å². The highest BCUT2D eigenvalue weighted by atomic mass is 16.6. The van der Waals surface area contributed by atoms with Gasteiger partial charge in [-0.05, 0) is 62.9 Å². The molecule has 0 saturated carbocycles. The Morgan fingerprint density at radius 3 is 2.19 bits per heavy atom. The molecule has 2 aromatic carbocycles. The van der Waals surface area contributed by atoms with Crippen molar-refractivity contribution in [3.8, 4) is 11.1 Å². The number of fused-ring (bicyclic) bond motifs is 1. The van der Waals surface area contributed by atoms with E-state index < -0.39 is 5.60 Å². The number of aryl methyl sites for hydroxylation is 1. The highest BCUT2D eigenvalue weighted by Crippen LogP contribution is 2.29. The molecular formula is C28H35N3O5. The number of piperazine rings is 1. The molecule has 2 saturated heterocycles. The van der Waals surface area contributed by atoms with Gasteiger partial charge in [0.25, 0.3) is 0 Å². The number of ether oxygens (including phenoxy) is 2. The van der Waals surface area contributed by atoms with Crippen molar-refractivity contribution in [1.82, 2.24) is 9.80 Å². The van der Waals surface area contributed by atoms with E-state index >= 15 is 0 Å². The van der Waals surface area contributed by atoms with E-state index in [2.05, 4.69) is 0 Å². The summed E-state index contributed by atoms with van der Waals surface area (Å²) in [7, 11) is 0. The smallest absolute Gasteiger partial charge is 0.410 e. The first-order chi connectivity index (χ1) is 17.1. The van der Waals surface area contributed by atoms with Gasteiger partial charge in [-0.2, -0.15) is 0 Å². The molecule has 0 unspecified atom stereocenters. The van der Waals surface area contributed by atoms with Gasteiger partial charge in [0, 0.05) is 38.3 Å². The van der Waals surface area contributed by atoms with Crippen molar-refractivity contribution in [3.63, 3.8) is 0 Å². The normalized spacial score (nSPS) is 17.7. The van der Waals surface area contributed by atoms with E-state index in [4.69, 9.17) is 9.47 Å². The first-order valence-corrected chi connectivity index (χ1v) is 12.6. The van der Waals surface area contributed by atoms with Crippen LogP contribution >= 0.6 is 0 Å². The van der Waals surface area contributed by atoms with Crippen molar-refractivity contribution in [2.24, 2.45) is 0 Å². The van der Waals surface area contributed by atoms with Gasteiger partial charge >= 0.3 is 18.1 Å². The summed E-state index contributed by atoms with van der Waals surface area (Å²) in [6, 6.07) is 16.0. The molecule has 8 nitrogen and oxygen atoms in total. The molecule has 8 heteroatoms. The number of carbonyl (C=O) groups is 3. The summed E-state index contributed by atoms with van der Waals surface area (Å²) in [6.45, 7) is 9.75. The lowest BCUT2D eigenvalue weighted by Gasteiger charge is -2.36. The monoisotopic (exact) mass is 493 g/mol. The third kappa shape index (κ3) is 5.98. The fraction of sp³-hybridized carbons (Fsp3) is 0.464. The van der Waals surface area contributed by atoms with Crippen LogP contribution in [0.2, 0.25) is 0 Å². The van der Waals surface area contributed by atoms with Crippen molar-refractivity contribution in [1.29, 1.82) is 0 Å². The molecule has 2 aliphatic rings. The van der Waals surface area contributed by atoms with Crippen LogP contribution in [0.5, 0.6) is 0 Å². The van der Waals surface area contributed by atoms with E-state index in [9.17, 15) is 14.4 Å². The number of rotatable bonds is 6. The zero-order chi connectivity index (χ0) is 25.9. The lowest BCUT2D eigenvalue weighted by atomic mass is 10.0. The molecule has 192 valence electrons. The van der Waals surface area contributed by atoms with Crippen LogP contribution < -0.4 is 4.90 Å². The van der Waals surface area contributed by atoms with Gasteiger partial charge in [-0.15, -0.1) is 0 Å². The second-order valence-electron chi connectivity index (χ2n) is 10.2. The van der Waals surface area contributed by atoms with Crippen LogP contribution in [0.1, 0.15) is 39.7 Å². The van der Waals surface area contributed by atoms with Crippen molar-refractivity contribution >= 4 is 23.8 Å². The van der Waals surface area contributed by atoms with Crippen LogP contribution in [0.15, 0.2) is 48.5 Å². The fourth-order valence-corrected chi connectivity index (χ4v) is 4.59. The standard InChI is InChI=1S/C28H35N3O5/c1-5-35-25(32)15-8-20-6-9-21(10-7-20)22-11-13-23(14-12-22)31-19-24-18-29(16-17-30(24)26(31)33)27(34)36-28(2,3)4/h6-7,9-14,24H,5,8,15-19H2,1-4H3/t24-/m0/s1. The molecular weight excluding hydrogens is 458 g/mol. The van der Waals surface area contributed by atoms with Gasteiger partial charge in [0.1, 0.15) is 5.60 Å². The Morgan fingerprint density at radius 1 is 0.944 bits per heavy atom. The third-order valence-electron chi connectivity index (χ3n) is 6.39. The number of esters is 1. The topological polar surface area (TPSA) is 79.4 Å². The van der Waals surface area contributed by atoms with Crippen molar-refractivity contribution < 1.29 is 23.9 Å². The van der Waals surface area contributed by atoms with Crippen molar-refractivity contribution in [2.45, 2.75) is 52.2 Å². The zero-order valence-electron chi connectivity index (χ0n) is 21.5. The molecule has 2 heterocycles. The molecule has 36 heavy (non-hydrogen) atoms. The Kier molecular flexibility index (Phi) is 7.52. The predicted molar refractivity (Wildman–Crippen MR) is 138 cm³/mol. The van der Waals surface area contributed by atoms with Crippen LogP contribution in [0.25, 0.3) is 11.1 Å².